The quantitative estimate of drug-likeness (QED) is 0.225. The fourth-order valence-corrected chi connectivity index (χ4v) is 4.69. The van der Waals surface area contributed by atoms with E-state index in [0.29, 0.717) is 28.3 Å². The summed E-state index contributed by atoms with van der Waals surface area (Å²) in [6, 6.07) is 19.3. The smallest absolute Gasteiger partial charge is 0.300 e. The summed E-state index contributed by atoms with van der Waals surface area (Å²) in [5.74, 6) is -0.499. The van der Waals surface area contributed by atoms with E-state index in [2.05, 4.69) is 20.8 Å². The van der Waals surface area contributed by atoms with Crippen molar-refractivity contribution in [3.63, 3.8) is 0 Å². The number of carbonyl (C=O) groups excluding carboxylic acids is 2. The second kappa shape index (κ2) is 10.4. The third-order valence-electron chi connectivity index (χ3n) is 6.68. The molecule has 1 aliphatic heterocycles. The Bertz CT molecular complexity index is 1410. The van der Waals surface area contributed by atoms with Crippen LogP contribution >= 0.6 is 0 Å². The van der Waals surface area contributed by atoms with E-state index in [-0.39, 0.29) is 22.9 Å². The molecule has 1 fully saturated rings. The van der Waals surface area contributed by atoms with Crippen LogP contribution in [0, 0.1) is 6.92 Å². The van der Waals surface area contributed by atoms with Crippen LogP contribution in [0.5, 0.6) is 11.5 Å². The first-order chi connectivity index (χ1) is 17.9. The van der Waals surface area contributed by atoms with E-state index in [1.54, 1.807) is 31.4 Å². The van der Waals surface area contributed by atoms with Crippen molar-refractivity contribution < 1.29 is 24.2 Å². The molecule has 1 amide bonds. The maximum absolute atomic E-state index is 13.6. The molecule has 1 atom stereocenters. The normalized spacial score (nSPS) is 17.3. The Morgan fingerprint density at radius 2 is 1.63 bits per heavy atom. The van der Waals surface area contributed by atoms with Gasteiger partial charge in [-0.25, -0.2) is 0 Å². The topological polar surface area (TPSA) is 76.1 Å². The van der Waals surface area contributed by atoms with Gasteiger partial charge >= 0.3 is 0 Å². The number of rotatable bonds is 6. The van der Waals surface area contributed by atoms with Crippen LogP contribution in [-0.4, -0.2) is 30.0 Å². The lowest BCUT2D eigenvalue weighted by atomic mass is 9.84. The summed E-state index contributed by atoms with van der Waals surface area (Å²) < 4.78 is 11.3. The minimum Gasteiger partial charge on any atom is -0.507 e. The Morgan fingerprint density at radius 1 is 0.947 bits per heavy atom. The van der Waals surface area contributed by atoms with E-state index in [9.17, 15) is 14.7 Å². The Morgan fingerprint density at radius 3 is 2.29 bits per heavy atom. The lowest BCUT2D eigenvalue weighted by Gasteiger charge is -2.26. The Labute approximate surface area is 224 Å². The number of benzene rings is 3. The number of aryl methyl sites for hydroxylation is 1. The molecular formula is C32H35NO5. The van der Waals surface area contributed by atoms with Crippen molar-refractivity contribution >= 4 is 23.1 Å². The number of ketones is 1. The molecule has 0 aromatic heterocycles. The highest BCUT2D eigenvalue weighted by molar-refractivity contribution is 6.51. The first-order valence-electron chi connectivity index (χ1n) is 12.8. The molecule has 3 aromatic carbocycles. The van der Waals surface area contributed by atoms with Gasteiger partial charge in [0.1, 0.15) is 17.3 Å². The minimum absolute atomic E-state index is 0.0358. The summed E-state index contributed by atoms with van der Waals surface area (Å²) in [5.41, 5.74) is 3.35. The summed E-state index contributed by atoms with van der Waals surface area (Å²) >= 11 is 0. The standard InChI is InChI=1S/C32H35NO5/c1-19(2)38-25-13-8-10-21(16-25)28-27(29(34)26-17-22(32(4,5)6)15-14-20(26)3)30(35)31(36)33(28)23-11-9-12-24(18-23)37-7/h8-19,28,34H,1-7H3/b29-27+. The van der Waals surface area contributed by atoms with Crippen molar-refractivity contribution in [3.8, 4) is 11.5 Å². The minimum atomic E-state index is -0.865. The molecule has 0 aliphatic carbocycles. The van der Waals surface area contributed by atoms with Crippen molar-refractivity contribution in [2.75, 3.05) is 12.0 Å². The number of aliphatic hydroxyl groups is 1. The zero-order valence-corrected chi connectivity index (χ0v) is 23.0. The summed E-state index contributed by atoms with van der Waals surface area (Å²) in [6.45, 7) is 12.0. The molecular weight excluding hydrogens is 478 g/mol. The zero-order chi connectivity index (χ0) is 27.8. The number of hydrogen-bond acceptors (Lipinski definition) is 5. The average molecular weight is 514 g/mol. The van der Waals surface area contributed by atoms with Gasteiger partial charge < -0.3 is 14.6 Å². The van der Waals surface area contributed by atoms with Crippen molar-refractivity contribution in [2.45, 2.75) is 59.1 Å². The summed E-state index contributed by atoms with van der Waals surface area (Å²) in [6.07, 6.45) is -0.0576. The molecule has 4 rings (SSSR count). The molecule has 1 saturated heterocycles. The lowest BCUT2D eigenvalue weighted by molar-refractivity contribution is -0.132. The van der Waals surface area contributed by atoms with Gasteiger partial charge in [-0.2, -0.15) is 0 Å². The monoisotopic (exact) mass is 513 g/mol. The molecule has 0 radical (unpaired) electrons. The predicted octanol–water partition coefficient (Wildman–Crippen LogP) is 6.71. The number of nitrogens with zero attached hydrogens (tertiary/aromatic N) is 1. The zero-order valence-electron chi connectivity index (χ0n) is 23.0. The highest BCUT2D eigenvalue weighted by Gasteiger charge is 2.47. The number of Topliss-reactive ketones (excluding diaryl/α,β-unsaturated/α-hetero) is 1. The van der Waals surface area contributed by atoms with Crippen LogP contribution in [0.2, 0.25) is 0 Å². The van der Waals surface area contributed by atoms with Crippen LogP contribution in [0.15, 0.2) is 72.3 Å². The second-order valence-electron chi connectivity index (χ2n) is 10.9. The third kappa shape index (κ3) is 5.17. The van der Waals surface area contributed by atoms with E-state index in [4.69, 9.17) is 9.47 Å². The highest BCUT2D eigenvalue weighted by Crippen LogP contribution is 2.44. The fourth-order valence-electron chi connectivity index (χ4n) is 4.69. The lowest BCUT2D eigenvalue weighted by Crippen LogP contribution is -2.29. The fraction of sp³-hybridized carbons (Fsp3) is 0.312. The van der Waals surface area contributed by atoms with Crippen LogP contribution in [-0.2, 0) is 15.0 Å². The first kappa shape index (κ1) is 27.0. The Kier molecular flexibility index (Phi) is 7.36. The highest BCUT2D eigenvalue weighted by atomic mass is 16.5. The van der Waals surface area contributed by atoms with Crippen molar-refractivity contribution in [1.29, 1.82) is 0 Å². The van der Waals surface area contributed by atoms with Gasteiger partial charge in [0.15, 0.2) is 0 Å². The molecule has 1 aliphatic rings. The molecule has 198 valence electrons. The molecule has 1 unspecified atom stereocenters. The number of aliphatic hydroxyl groups excluding tert-OH is 1. The predicted molar refractivity (Wildman–Crippen MR) is 150 cm³/mol. The maximum atomic E-state index is 13.6. The van der Waals surface area contributed by atoms with Gasteiger partial charge in [0.2, 0.25) is 0 Å². The molecule has 0 saturated carbocycles. The average Bonchev–Trinajstić information content (AvgIpc) is 3.13. The summed E-state index contributed by atoms with van der Waals surface area (Å²) in [4.78, 5) is 28.6. The van der Waals surface area contributed by atoms with E-state index < -0.39 is 17.7 Å². The van der Waals surface area contributed by atoms with Crippen LogP contribution < -0.4 is 14.4 Å². The Hall–Kier alpha value is -4.06. The van der Waals surface area contributed by atoms with Crippen LogP contribution in [0.3, 0.4) is 0 Å². The number of amides is 1. The van der Waals surface area contributed by atoms with Crippen LogP contribution in [0.1, 0.15) is 62.9 Å². The van der Waals surface area contributed by atoms with Crippen LogP contribution in [0.25, 0.3) is 5.76 Å². The van der Waals surface area contributed by atoms with Crippen molar-refractivity contribution in [3.05, 3.63) is 94.6 Å². The molecule has 1 heterocycles. The number of ether oxygens (including phenoxy) is 2. The Balaban J connectivity index is 1.98. The molecule has 6 heteroatoms. The van der Waals surface area contributed by atoms with Gasteiger partial charge in [0.05, 0.1) is 24.8 Å². The van der Waals surface area contributed by atoms with Gasteiger partial charge in [-0.05, 0) is 73.2 Å². The number of anilines is 1. The van der Waals surface area contributed by atoms with Crippen molar-refractivity contribution in [1.82, 2.24) is 0 Å². The van der Waals surface area contributed by atoms with Gasteiger partial charge in [0.25, 0.3) is 11.7 Å². The van der Waals surface area contributed by atoms with Gasteiger partial charge in [0, 0.05) is 17.3 Å². The number of carbonyl (C=O) groups is 2. The van der Waals surface area contributed by atoms with Crippen LogP contribution in [0.4, 0.5) is 5.69 Å². The molecule has 0 spiro atoms. The largest absolute Gasteiger partial charge is 0.507 e. The molecule has 0 bridgehead atoms. The number of methoxy groups -OCH3 is 1. The van der Waals surface area contributed by atoms with Crippen molar-refractivity contribution in [2.24, 2.45) is 0 Å². The van der Waals surface area contributed by atoms with E-state index in [1.165, 1.54) is 4.90 Å². The van der Waals surface area contributed by atoms with Gasteiger partial charge in [-0.15, -0.1) is 0 Å². The second-order valence-corrected chi connectivity index (χ2v) is 10.9. The first-order valence-corrected chi connectivity index (χ1v) is 12.8. The van der Waals surface area contributed by atoms with Gasteiger partial charge in [-0.3, -0.25) is 14.5 Å². The molecule has 3 aromatic rings. The molecule has 1 N–H and O–H groups in total. The number of hydrogen-bond donors (Lipinski definition) is 1. The summed E-state index contributed by atoms with van der Waals surface area (Å²) in [7, 11) is 1.54. The van der Waals surface area contributed by atoms with E-state index >= 15 is 0 Å². The summed E-state index contributed by atoms with van der Waals surface area (Å²) in [5, 5.41) is 11.7. The van der Waals surface area contributed by atoms with Gasteiger partial charge in [-0.1, -0.05) is 51.1 Å². The molecule has 38 heavy (non-hydrogen) atoms. The maximum Gasteiger partial charge on any atom is 0.300 e. The van der Waals surface area contributed by atoms with E-state index in [1.807, 2.05) is 63.2 Å². The van der Waals surface area contributed by atoms with E-state index in [0.717, 1.165) is 11.1 Å². The third-order valence-corrected chi connectivity index (χ3v) is 6.68. The molecule has 6 nitrogen and oxygen atoms in total. The SMILES string of the molecule is COc1cccc(N2C(=O)C(=O)/C(=C(/O)c3cc(C(C)(C)C)ccc3C)C2c2cccc(OC(C)C)c2)c1.